The minimum absolute atomic E-state index is 0.131. The Hall–Kier alpha value is -3.80. The monoisotopic (exact) mass is 384 g/mol. The SMILES string of the molecule is COc1cccc(C=Cc2nc3cnccc3c(=O)n2-c2c(C)cccc2C)n1. The zero-order chi connectivity index (χ0) is 20.4. The number of pyridine rings is 2. The van der Waals surface area contributed by atoms with Crippen LogP contribution in [0.5, 0.6) is 5.88 Å². The van der Waals surface area contributed by atoms with E-state index in [1.807, 2.05) is 50.3 Å². The van der Waals surface area contributed by atoms with E-state index < -0.39 is 0 Å². The third kappa shape index (κ3) is 3.52. The van der Waals surface area contributed by atoms with Gasteiger partial charge in [0, 0.05) is 12.3 Å². The van der Waals surface area contributed by atoms with Gasteiger partial charge >= 0.3 is 0 Å². The molecule has 3 heterocycles. The number of rotatable bonds is 4. The molecule has 0 aliphatic carbocycles. The number of hydrogen-bond donors (Lipinski definition) is 0. The van der Waals surface area contributed by atoms with E-state index in [0.29, 0.717) is 28.3 Å². The van der Waals surface area contributed by atoms with Crippen molar-refractivity contribution in [3.05, 3.63) is 87.9 Å². The molecule has 0 radical (unpaired) electrons. The number of para-hydroxylation sites is 1. The number of benzene rings is 1. The summed E-state index contributed by atoms with van der Waals surface area (Å²) in [6, 6.07) is 13.2. The molecule has 0 bridgehead atoms. The zero-order valence-electron chi connectivity index (χ0n) is 16.5. The van der Waals surface area contributed by atoms with Crippen molar-refractivity contribution >= 4 is 23.1 Å². The number of methoxy groups -OCH3 is 1. The molecule has 6 nitrogen and oxygen atoms in total. The molecule has 0 saturated carbocycles. The van der Waals surface area contributed by atoms with Crippen LogP contribution in [0.1, 0.15) is 22.6 Å². The van der Waals surface area contributed by atoms with Gasteiger partial charge < -0.3 is 4.74 Å². The Balaban J connectivity index is 1.97. The van der Waals surface area contributed by atoms with Crippen molar-refractivity contribution in [3.63, 3.8) is 0 Å². The Kier molecular flexibility index (Phi) is 4.91. The summed E-state index contributed by atoms with van der Waals surface area (Å²) >= 11 is 0. The van der Waals surface area contributed by atoms with Crippen LogP contribution in [0.4, 0.5) is 0 Å². The van der Waals surface area contributed by atoms with Crippen molar-refractivity contribution in [2.75, 3.05) is 7.11 Å². The molecule has 144 valence electrons. The molecule has 0 saturated heterocycles. The van der Waals surface area contributed by atoms with Gasteiger partial charge in [0.25, 0.3) is 5.56 Å². The van der Waals surface area contributed by atoms with E-state index in [1.165, 1.54) is 0 Å². The van der Waals surface area contributed by atoms with Crippen LogP contribution in [0.2, 0.25) is 0 Å². The lowest BCUT2D eigenvalue weighted by Gasteiger charge is -2.16. The average molecular weight is 384 g/mol. The lowest BCUT2D eigenvalue weighted by atomic mass is 10.1. The highest BCUT2D eigenvalue weighted by atomic mass is 16.5. The molecule has 29 heavy (non-hydrogen) atoms. The van der Waals surface area contributed by atoms with E-state index in [9.17, 15) is 4.79 Å². The lowest BCUT2D eigenvalue weighted by Crippen LogP contribution is -2.24. The summed E-state index contributed by atoms with van der Waals surface area (Å²) in [5, 5.41) is 0.527. The second kappa shape index (κ2) is 7.67. The Bertz CT molecular complexity index is 1270. The van der Waals surface area contributed by atoms with Crippen LogP contribution in [-0.4, -0.2) is 26.6 Å². The predicted molar refractivity (Wildman–Crippen MR) is 114 cm³/mol. The molecule has 3 aromatic heterocycles. The number of hydrogen-bond acceptors (Lipinski definition) is 5. The van der Waals surface area contributed by atoms with Gasteiger partial charge in [-0.1, -0.05) is 24.3 Å². The molecule has 0 aliphatic heterocycles. The maximum atomic E-state index is 13.4. The maximum absolute atomic E-state index is 13.4. The van der Waals surface area contributed by atoms with Crippen LogP contribution in [-0.2, 0) is 0 Å². The van der Waals surface area contributed by atoms with Crippen molar-refractivity contribution in [2.24, 2.45) is 0 Å². The molecule has 0 aliphatic rings. The van der Waals surface area contributed by atoms with Crippen molar-refractivity contribution in [1.29, 1.82) is 0 Å². The quantitative estimate of drug-likeness (QED) is 0.532. The van der Waals surface area contributed by atoms with Gasteiger partial charge in [-0.15, -0.1) is 0 Å². The highest BCUT2D eigenvalue weighted by Crippen LogP contribution is 2.21. The molecule has 4 aromatic rings. The van der Waals surface area contributed by atoms with Crippen LogP contribution in [0.3, 0.4) is 0 Å². The molecular formula is C23H20N4O2. The fourth-order valence-electron chi connectivity index (χ4n) is 3.34. The van der Waals surface area contributed by atoms with Crippen LogP contribution in [0, 0.1) is 13.8 Å². The summed E-state index contributed by atoms with van der Waals surface area (Å²) in [6.07, 6.45) is 6.82. The topological polar surface area (TPSA) is 69.9 Å². The number of aromatic nitrogens is 4. The van der Waals surface area contributed by atoms with Crippen LogP contribution < -0.4 is 10.3 Å². The Labute approximate surface area is 168 Å². The number of ether oxygens (including phenoxy) is 1. The normalized spacial score (nSPS) is 11.3. The Morgan fingerprint density at radius 3 is 2.48 bits per heavy atom. The molecule has 0 fully saturated rings. The fraction of sp³-hybridized carbons (Fsp3) is 0.130. The molecule has 4 rings (SSSR count). The zero-order valence-corrected chi connectivity index (χ0v) is 16.5. The Morgan fingerprint density at radius 2 is 1.72 bits per heavy atom. The smallest absolute Gasteiger partial charge is 0.266 e. The van der Waals surface area contributed by atoms with Gasteiger partial charge in [0.2, 0.25) is 5.88 Å². The van der Waals surface area contributed by atoms with Gasteiger partial charge in [0.1, 0.15) is 5.82 Å². The van der Waals surface area contributed by atoms with Gasteiger partial charge in [-0.25, -0.2) is 9.97 Å². The van der Waals surface area contributed by atoms with Gasteiger partial charge in [-0.2, -0.15) is 0 Å². The van der Waals surface area contributed by atoms with E-state index in [4.69, 9.17) is 9.72 Å². The summed E-state index contributed by atoms with van der Waals surface area (Å²) < 4.78 is 6.84. The standard InChI is InChI=1S/C23H20N4O2/c1-15-6-4-7-16(2)22(15)27-20(11-10-17-8-5-9-21(25-17)29-3)26-19-14-24-13-12-18(19)23(27)28/h4-14H,1-3H3. The molecule has 0 N–H and O–H groups in total. The van der Waals surface area contributed by atoms with E-state index in [1.54, 1.807) is 42.3 Å². The van der Waals surface area contributed by atoms with E-state index in [0.717, 1.165) is 16.8 Å². The van der Waals surface area contributed by atoms with Crippen LogP contribution in [0.25, 0.3) is 28.7 Å². The Morgan fingerprint density at radius 1 is 0.966 bits per heavy atom. The van der Waals surface area contributed by atoms with Gasteiger partial charge in [0.15, 0.2) is 0 Å². The first kappa shape index (κ1) is 18.6. The van der Waals surface area contributed by atoms with Gasteiger partial charge in [-0.3, -0.25) is 14.3 Å². The number of fused-ring (bicyclic) bond motifs is 1. The van der Waals surface area contributed by atoms with E-state index in [-0.39, 0.29) is 5.56 Å². The summed E-state index contributed by atoms with van der Waals surface area (Å²) in [7, 11) is 1.58. The van der Waals surface area contributed by atoms with Crippen molar-refractivity contribution in [2.45, 2.75) is 13.8 Å². The third-order valence-corrected chi connectivity index (χ3v) is 4.72. The van der Waals surface area contributed by atoms with E-state index in [2.05, 4.69) is 9.97 Å². The maximum Gasteiger partial charge on any atom is 0.266 e. The van der Waals surface area contributed by atoms with Gasteiger partial charge in [0.05, 0.1) is 35.6 Å². The average Bonchev–Trinajstić information content (AvgIpc) is 2.74. The molecular weight excluding hydrogens is 364 g/mol. The minimum atomic E-state index is -0.131. The molecule has 0 spiro atoms. The van der Waals surface area contributed by atoms with Gasteiger partial charge in [-0.05, 0) is 49.3 Å². The van der Waals surface area contributed by atoms with Crippen LogP contribution in [0.15, 0.2) is 59.7 Å². The summed E-state index contributed by atoms with van der Waals surface area (Å²) in [6.45, 7) is 3.98. The first-order valence-corrected chi connectivity index (χ1v) is 9.21. The summed E-state index contributed by atoms with van der Waals surface area (Å²) in [5.41, 5.74) is 3.96. The first-order valence-electron chi connectivity index (χ1n) is 9.21. The molecule has 0 unspecified atom stereocenters. The molecule has 1 aromatic carbocycles. The highest BCUT2D eigenvalue weighted by molar-refractivity contribution is 5.79. The molecule has 0 amide bonds. The van der Waals surface area contributed by atoms with Crippen LogP contribution >= 0.6 is 0 Å². The first-order chi connectivity index (χ1) is 14.1. The second-order valence-electron chi connectivity index (χ2n) is 6.68. The lowest BCUT2D eigenvalue weighted by molar-refractivity contribution is 0.397. The number of aryl methyl sites for hydroxylation is 2. The molecule has 6 heteroatoms. The van der Waals surface area contributed by atoms with Crippen molar-refractivity contribution in [3.8, 4) is 11.6 Å². The van der Waals surface area contributed by atoms with Crippen molar-refractivity contribution in [1.82, 2.24) is 19.5 Å². The third-order valence-electron chi connectivity index (χ3n) is 4.72. The second-order valence-corrected chi connectivity index (χ2v) is 6.68. The summed E-state index contributed by atoms with van der Waals surface area (Å²) in [5.74, 6) is 1.03. The highest BCUT2D eigenvalue weighted by Gasteiger charge is 2.14. The fourth-order valence-corrected chi connectivity index (χ4v) is 3.34. The molecule has 0 atom stereocenters. The van der Waals surface area contributed by atoms with E-state index >= 15 is 0 Å². The minimum Gasteiger partial charge on any atom is -0.481 e. The number of nitrogens with zero attached hydrogens (tertiary/aromatic N) is 4. The predicted octanol–water partition coefficient (Wildman–Crippen LogP) is 3.97. The summed E-state index contributed by atoms with van der Waals surface area (Å²) in [4.78, 5) is 26.6. The largest absolute Gasteiger partial charge is 0.481 e. The van der Waals surface area contributed by atoms with Crippen molar-refractivity contribution < 1.29 is 4.74 Å².